The molecule has 1 fully saturated rings. The number of fused-ring (bicyclic) bond motifs is 1. The van der Waals surface area contributed by atoms with Gasteiger partial charge in [-0.3, -0.25) is 4.79 Å². The van der Waals surface area contributed by atoms with Crippen LogP contribution >= 0.6 is 0 Å². The van der Waals surface area contributed by atoms with Crippen LogP contribution in [-0.2, 0) is 21.2 Å². The van der Waals surface area contributed by atoms with Gasteiger partial charge in [-0.2, -0.15) is 9.57 Å². The highest BCUT2D eigenvalue weighted by Crippen LogP contribution is 2.34. The Hall–Kier alpha value is -1.91. The molecule has 6 nitrogen and oxygen atoms in total. The Morgan fingerprint density at radius 1 is 1.42 bits per heavy atom. The van der Waals surface area contributed by atoms with Crippen LogP contribution < -0.4 is 4.90 Å². The summed E-state index contributed by atoms with van der Waals surface area (Å²) >= 11 is 0. The number of rotatable bonds is 6. The van der Waals surface area contributed by atoms with Crippen molar-refractivity contribution < 1.29 is 13.2 Å². The van der Waals surface area contributed by atoms with Gasteiger partial charge in [0.2, 0.25) is 15.9 Å². The first-order chi connectivity index (χ1) is 11.4. The van der Waals surface area contributed by atoms with Crippen LogP contribution in [0.3, 0.4) is 0 Å². The van der Waals surface area contributed by atoms with Gasteiger partial charge in [0.25, 0.3) is 0 Å². The Morgan fingerprint density at radius 2 is 2.17 bits per heavy atom. The smallest absolute Gasteiger partial charge is 0.243 e. The average Bonchev–Trinajstić information content (AvgIpc) is 3.26. The summed E-state index contributed by atoms with van der Waals surface area (Å²) in [5.41, 5.74) is 1.69. The molecule has 1 aliphatic heterocycles. The summed E-state index contributed by atoms with van der Waals surface area (Å²) in [6.45, 7) is 2.76. The topological polar surface area (TPSA) is 81.5 Å². The van der Waals surface area contributed by atoms with Crippen molar-refractivity contribution in [2.24, 2.45) is 5.92 Å². The van der Waals surface area contributed by atoms with Gasteiger partial charge in [0.15, 0.2) is 0 Å². The van der Waals surface area contributed by atoms with Crippen molar-refractivity contribution in [3.8, 4) is 6.07 Å². The number of anilines is 1. The minimum atomic E-state index is -3.65. The number of carbonyl (C=O) groups is 1. The van der Waals surface area contributed by atoms with Gasteiger partial charge < -0.3 is 4.90 Å². The second-order valence-corrected chi connectivity index (χ2v) is 8.36. The molecule has 1 saturated carbocycles. The van der Waals surface area contributed by atoms with Crippen molar-refractivity contribution in [2.75, 3.05) is 24.5 Å². The van der Waals surface area contributed by atoms with E-state index >= 15 is 0 Å². The summed E-state index contributed by atoms with van der Waals surface area (Å²) in [5.74, 6) is 0.323. The second-order valence-electron chi connectivity index (χ2n) is 6.43. The van der Waals surface area contributed by atoms with E-state index in [1.54, 1.807) is 23.1 Å². The molecule has 1 amide bonds. The first kappa shape index (κ1) is 16.9. The zero-order chi connectivity index (χ0) is 17.3. The van der Waals surface area contributed by atoms with Crippen molar-refractivity contribution in [3.05, 3.63) is 23.8 Å². The van der Waals surface area contributed by atoms with Gasteiger partial charge in [0, 0.05) is 38.7 Å². The molecule has 0 aromatic heterocycles. The van der Waals surface area contributed by atoms with Crippen LogP contribution in [0.1, 0.15) is 31.7 Å². The van der Waals surface area contributed by atoms with E-state index in [-0.39, 0.29) is 23.8 Å². The quantitative estimate of drug-likeness (QED) is 0.787. The zero-order valence-electron chi connectivity index (χ0n) is 13.7. The molecule has 0 unspecified atom stereocenters. The molecule has 0 saturated heterocycles. The van der Waals surface area contributed by atoms with Gasteiger partial charge in [-0.25, -0.2) is 8.42 Å². The SMILES string of the molecule is CC(=O)N1CCc2ccc(S(=O)(=O)N(CCC#N)CC3CC3)cc21. The number of amides is 1. The van der Waals surface area contributed by atoms with Gasteiger partial charge in [0.05, 0.1) is 11.0 Å². The fraction of sp³-hybridized carbons (Fsp3) is 0.529. The summed E-state index contributed by atoms with van der Waals surface area (Å²) in [5, 5.41) is 8.81. The van der Waals surface area contributed by atoms with E-state index in [1.165, 1.54) is 11.2 Å². The zero-order valence-corrected chi connectivity index (χ0v) is 14.6. The highest BCUT2D eigenvalue weighted by Gasteiger charge is 2.32. The van der Waals surface area contributed by atoms with Crippen molar-refractivity contribution in [2.45, 2.75) is 37.5 Å². The molecule has 128 valence electrons. The highest BCUT2D eigenvalue weighted by molar-refractivity contribution is 7.89. The maximum atomic E-state index is 13.0. The van der Waals surface area contributed by atoms with Crippen LogP contribution in [0.2, 0.25) is 0 Å². The molecule has 0 radical (unpaired) electrons. The van der Waals surface area contributed by atoms with Crippen LogP contribution in [-0.4, -0.2) is 38.3 Å². The minimum Gasteiger partial charge on any atom is -0.312 e. The molecule has 24 heavy (non-hydrogen) atoms. The van der Waals surface area contributed by atoms with Crippen molar-refractivity contribution in [3.63, 3.8) is 0 Å². The van der Waals surface area contributed by atoms with E-state index < -0.39 is 10.0 Å². The van der Waals surface area contributed by atoms with Gasteiger partial charge in [0.1, 0.15) is 0 Å². The van der Waals surface area contributed by atoms with Crippen LogP contribution in [0.15, 0.2) is 23.1 Å². The number of hydrogen-bond donors (Lipinski definition) is 0. The van der Waals surface area contributed by atoms with E-state index in [1.807, 2.05) is 6.07 Å². The van der Waals surface area contributed by atoms with Crippen LogP contribution in [0, 0.1) is 17.2 Å². The van der Waals surface area contributed by atoms with Gasteiger partial charge in [-0.05, 0) is 42.9 Å². The summed E-state index contributed by atoms with van der Waals surface area (Å²) in [6.07, 6.45) is 3.01. The summed E-state index contributed by atoms with van der Waals surface area (Å²) < 4.78 is 27.4. The first-order valence-corrected chi connectivity index (χ1v) is 9.65. The summed E-state index contributed by atoms with van der Waals surface area (Å²) in [7, 11) is -3.65. The molecule has 1 aliphatic carbocycles. The largest absolute Gasteiger partial charge is 0.312 e. The third kappa shape index (κ3) is 3.30. The highest BCUT2D eigenvalue weighted by atomic mass is 32.2. The fourth-order valence-corrected chi connectivity index (χ4v) is 4.61. The molecular formula is C17H21N3O3S. The van der Waals surface area contributed by atoms with E-state index in [0.29, 0.717) is 24.7 Å². The van der Waals surface area contributed by atoms with E-state index in [4.69, 9.17) is 5.26 Å². The Labute approximate surface area is 142 Å². The molecule has 2 aliphatic rings. The Morgan fingerprint density at radius 3 is 2.79 bits per heavy atom. The number of benzene rings is 1. The molecular weight excluding hydrogens is 326 g/mol. The Bertz CT molecular complexity index is 794. The summed E-state index contributed by atoms with van der Waals surface area (Å²) in [6, 6.07) is 7.03. The molecule has 1 aromatic rings. The van der Waals surface area contributed by atoms with Crippen molar-refractivity contribution >= 4 is 21.6 Å². The minimum absolute atomic E-state index is 0.0809. The average molecular weight is 347 g/mol. The number of nitrogens with zero attached hydrogens (tertiary/aromatic N) is 3. The van der Waals surface area contributed by atoms with Crippen LogP contribution in [0.5, 0.6) is 0 Å². The molecule has 0 spiro atoms. The third-order valence-corrected chi connectivity index (χ3v) is 6.46. The van der Waals surface area contributed by atoms with E-state index in [9.17, 15) is 13.2 Å². The normalized spacial score (nSPS) is 17.0. The maximum absolute atomic E-state index is 13.0. The maximum Gasteiger partial charge on any atom is 0.243 e. The first-order valence-electron chi connectivity index (χ1n) is 8.21. The lowest BCUT2D eigenvalue weighted by Crippen LogP contribution is -2.34. The molecule has 0 atom stereocenters. The van der Waals surface area contributed by atoms with Crippen LogP contribution in [0.4, 0.5) is 5.69 Å². The van der Waals surface area contributed by atoms with E-state index in [0.717, 1.165) is 24.8 Å². The molecule has 0 N–H and O–H groups in total. The van der Waals surface area contributed by atoms with Crippen molar-refractivity contribution in [1.82, 2.24) is 4.31 Å². The molecule has 3 rings (SSSR count). The van der Waals surface area contributed by atoms with Gasteiger partial charge in [-0.15, -0.1) is 0 Å². The Kier molecular flexibility index (Phi) is 4.61. The lowest BCUT2D eigenvalue weighted by atomic mass is 10.2. The van der Waals surface area contributed by atoms with Crippen molar-refractivity contribution in [1.29, 1.82) is 5.26 Å². The predicted molar refractivity (Wildman–Crippen MR) is 89.9 cm³/mol. The molecule has 1 aromatic carbocycles. The molecule has 1 heterocycles. The number of sulfonamides is 1. The summed E-state index contributed by atoms with van der Waals surface area (Å²) in [4.78, 5) is 13.6. The number of nitriles is 1. The number of carbonyl (C=O) groups excluding carboxylic acids is 1. The Balaban J connectivity index is 1.92. The molecule has 0 bridgehead atoms. The van der Waals surface area contributed by atoms with Gasteiger partial charge in [-0.1, -0.05) is 6.07 Å². The van der Waals surface area contributed by atoms with Crippen LogP contribution in [0.25, 0.3) is 0 Å². The van der Waals surface area contributed by atoms with E-state index in [2.05, 4.69) is 0 Å². The second kappa shape index (κ2) is 6.54. The number of hydrogen-bond acceptors (Lipinski definition) is 4. The third-order valence-electron chi connectivity index (χ3n) is 4.60. The lowest BCUT2D eigenvalue weighted by Gasteiger charge is -2.22. The fourth-order valence-electron chi connectivity index (χ4n) is 3.07. The monoisotopic (exact) mass is 347 g/mol. The molecule has 7 heteroatoms. The lowest BCUT2D eigenvalue weighted by molar-refractivity contribution is -0.116. The predicted octanol–water partition coefficient (Wildman–Crippen LogP) is 1.91. The van der Waals surface area contributed by atoms with Gasteiger partial charge >= 0.3 is 0 Å². The standard InChI is InChI=1S/C17H21N3O3S/c1-13(21)20-10-7-15-5-6-16(11-17(15)20)24(22,23)19(9-2-8-18)12-14-3-4-14/h5-6,11,14H,2-4,7,9-10,12H2,1H3.